The standard InChI is InChI=1S/C20H22N4O2S3/c1-13(22-14(2)25)15-5-7-16(8-6-15)18(26)12-28-20-24-23-19(29-20)21-10-9-17-4-3-11-27-17/h3-8,11,13H,9-10,12H2,1-2H3,(H,21,23)(H,22,25). The lowest BCUT2D eigenvalue weighted by Crippen LogP contribution is -2.23. The van der Waals surface area contributed by atoms with E-state index in [-0.39, 0.29) is 17.7 Å². The maximum absolute atomic E-state index is 12.4. The number of ketones is 1. The fourth-order valence-electron chi connectivity index (χ4n) is 2.64. The predicted octanol–water partition coefficient (Wildman–Crippen LogP) is 4.43. The molecule has 9 heteroatoms. The molecule has 1 aromatic carbocycles. The van der Waals surface area contributed by atoms with Crippen molar-refractivity contribution in [2.24, 2.45) is 0 Å². The number of amides is 1. The zero-order valence-electron chi connectivity index (χ0n) is 16.2. The van der Waals surface area contributed by atoms with Gasteiger partial charge in [-0.15, -0.1) is 21.5 Å². The van der Waals surface area contributed by atoms with Gasteiger partial charge >= 0.3 is 0 Å². The lowest BCUT2D eigenvalue weighted by atomic mass is 10.0. The smallest absolute Gasteiger partial charge is 0.217 e. The first-order valence-electron chi connectivity index (χ1n) is 9.14. The number of rotatable bonds is 10. The van der Waals surface area contributed by atoms with E-state index in [4.69, 9.17) is 0 Å². The van der Waals surface area contributed by atoms with Gasteiger partial charge in [0.25, 0.3) is 0 Å². The normalized spacial score (nSPS) is 11.8. The molecule has 0 fully saturated rings. The summed E-state index contributed by atoms with van der Waals surface area (Å²) < 4.78 is 0.771. The van der Waals surface area contributed by atoms with Crippen molar-refractivity contribution in [1.82, 2.24) is 15.5 Å². The molecule has 1 atom stereocenters. The van der Waals surface area contributed by atoms with E-state index < -0.39 is 0 Å². The van der Waals surface area contributed by atoms with Crippen LogP contribution in [0, 0.1) is 0 Å². The number of nitrogens with zero attached hydrogens (tertiary/aromatic N) is 2. The van der Waals surface area contributed by atoms with Gasteiger partial charge in [0.2, 0.25) is 11.0 Å². The molecule has 0 aliphatic carbocycles. The van der Waals surface area contributed by atoms with Gasteiger partial charge in [-0.05, 0) is 30.4 Å². The SMILES string of the molecule is CC(=O)NC(C)c1ccc(C(=O)CSc2nnc(NCCc3cccs3)s2)cc1. The molecule has 0 spiro atoms. The number of carbonyl (C=O) groups is 2. The molecule has 0 aliphatic rings. The second-order valence-electron chi connectivity index (χ2n) is 6.39. The Morgan fingerprint density at radius 2 is 1.97 bits per heavy atom. The molecule has 6 nitrogen and oxygen atoms in total. The van der Waals surface area contributed by atoms with Crippen molar-refractivity contribution < 1.29 is 9.59 Å². The van der Waals surface area contributed by atoms with E-state index in [0.717, 1.165) is 28.0 Å². The molecule has 2 heterocycles. The van der Waals surface area contributed by atoms with Gasteiger partial charge in [-0.25, -0.2) is 0 Å². The zero-order chi connectivity index (χ0) is 20.6. The van der Waals surface area contributed by atoms with Gasteiger partial charge < -0.3 is 10.6 Å². The highest BCUT2D eigenvalue weighted by Crippen LogP contribution is 2.26. The van der Waals surface area contributed by atoms with Crippen LogP contribution >= 0.6 is 34.4 Å². The molecule has 152 valence electrons. The predicted molar refractivity (Wildman–Crippen MR) is 120 cm³/mol. The Labute approximate surface area is 182 Å². The summed E-state index contributed by atoms with van der Waals surface area (Å²) in [6.45, 7) is 4.21. The van der Waals surface area contributed by atoms with Crippen LogP contribution in [-0.2, 0) is 11.2 Å². The third-order valence-electron chi connectivity index (χ3n) is 4.11. The lowest BCUT2D eigenvalue weighted by molar-refractivity contribution is -0.119. The number of Topliss-reactive ketones (excluding diaryl/α,β-unsaturated/α-hetero) is 1. The Morgan fingerprint density at radius 1 is 1.17 bits per heavy atom. The Kier molecular flexibility index (Phi) is 7.79. The highest BCUT2D eigenvalue weighted by atomic mass is 32.2. The molecule has 0 saturated carbocycles. The first-order chi connectivity index (χ1) is 14.0. The molecule has 29 heavy (non-hydrogen) atoms. The molecule has 3 aromatic rings. The van der Waals surface area contributed by atoms with Gasteiger partial charge in [-0.3, -0.25) is 9.59 Å². The van der Waals surface area contributed by atoms with Crippen LogP contribution in [0.5, 0.6) is 0 Å². The van der Waals surface area contributed by atoms with E-state index >= 15 is 0 Å². The third-order valence-corrected chi connectivity index (χ3v) is 7.06. The molecule has 2 aromatic heterocycles. The van der Waals surface area contributed by atoms with Crippen LogP contribution in [0.2, 0.25) is 0 Å². The summed E-state index contributed by atoms with van der Waals surface area (Å²) in [7, 11) is 0. The van der Waals surface area contributed by atoms with Crippen molar-refractivity contribution in [3.05, 3.63) is 57.8 Å². The van der Waals surface area contributed by atoms with Crippen LogP contribution < -0.4 is 10.6 Å². The highest BCUT2D eigenvalue weighted by molar-refractivity contribution is 8.01. The largest absolute Gasteiger partial charge is 0.360 e. The molecule has 1 amide bonds. The van der Waals surface area contributed by atoms with Crippen molar-refractivity contribution in [2.45, 2.75) is 30.6 Å². The average Bonchev–Trinajstić information content (AvgIpc) is 3.38. The third kappa shape index (κ3) is 6.66. The first-order valence-corrected chi connectivity index (χ1v) is 11.8. The van der Waals surface area contributed by atoms with E-state index in [1.54, 1.807) is 23.5 Å². The van der Waals surface area contributed by atoms with Crippen molar-refractivity contribution in [3.63, 3.8) is 0 Å². The Morgan fingerprint density at radius 3 is 2.66 bits per heavy atom. The molecule has 0 bridgehead atoms. The van der Waals surface area contributed by atoms with E-state index in [1.807, 2.05) is 25.1 Å². The Balaban J connectivity index is 1.45. The minimum Gasteiger partial charge on any atom is -0.360 e. The fraction of sp³-hybridized carbons (Fsp3) is 0.300. The molecular weight excluding hydrogens is 424 g/mol. The van der Waals surface area contributed by atoms with Crippen molar-refractivity contribution in [2.75, 3.05) is 17.6 Å². The zero-order valence-corrected chi connectivity index (χ0v) is 18.6. The van der Waals surface area contributed by atoms with Crippen LogP contribution in [0.4, 0.5) is 5.13 Å². The number of benzene rings is 1. The molecular formula is C20H22N4O2S3. The summed E-state index contributed by atoms with van der Waals surface area (Å²) in [5, 5.41) is 17.2. The minimum absolute atomic E-state index is 0.0381. The van der Waals surface area contributed by atoms with Gasteiger partial charge in [-0.1, -0.05) is 53.4 Å². The van der Waals surface area contributed by atoms with Gasteiger partial charge in [-0.2, -0.15) is 0 Å². The topological polar surface area (TPSA) is 84.0 Å². The van der Waals surface area contributed by atoms with Crippen molar-refractivity contribution in [3.8, 4) is 0 Å². The number of carbonyl (C=O) groups excluding carboxylic acids is 2. The first kappa shape index (κ1) is 21.5. The second kappa shape index (κ2) is 10.5. The molecule has 3 rings (SSSR count). The summed E-state index contributed by atoms with van der Waals surface area (Å²) in [6.07, 6.45) is 0.953. The van der Waals surface area contributed by atoms with Crippen LogP contribution in [0.1, 0.15) is 40.7 Å². The van der Waals surface area contributed by atoms with Gasteiger partial charge in [0.1, 0.15) is 0 Å². The summed E-state index contributed by atoms with van der Waals surface area (Å²) >= 11 is 4.60. The number of hydrogen-bond acceptors (Lipinski definition) is 8. The van der Waals surface area contributed by atoms with Gasteiger partial charge in [0, 0.05) is 23.9 Å². The van der Waals surface area contributed by atoms with Crippen LogP contribution in [0.3, 0.4) is 0 Å². The van der Waals surface area contributed by atoms with E-state index in [2.05, 4.69) is 32.3 Å². The number of thiophene rings is 1. The number of anilines is 1. The Bertz CT molecular complexity index is 939. The molecule has 0 radical (unpaired) electrons. The summed E-state index contributed by atoms with van der Waals surface area (Å²) in [6, 6.07) is 11.4. The summed E-state index contributed by atoms with van der Waals surface area (Å²) in [4.78, 5) is 24.9. The molecule has 0 saturated heterocycles. The second-order valence-corrected chi connectivity index (χ2v) is 9.62. The fourth-order valence-corrected chi connectivity index (χ4v) is 5.02. The van der Waals surface area contributed by atoms with Crippen LogP contribution in [-0.4, -0.2) is 34.2 Å². The molecule has 0 aliphatic heterocycles. The summed E-state index contributed by atoms with van der Waals surface area (Å²) in [5.41, 5.74) is 1.61. The van der Waals surface area contributed by atoms with Crippen molar-refractivity contribution in [1.29, 1.82) is 0 Å². The number of aromatic nitrogens is 2. The summed E-state index contributed by atoms with van der Waals surface area (Å²) in [5.74, 6) is 0.271. The molecule has 1 unspecified atom stereocenters. The van der Waals surface area contributed by atoms with E-state index in [0.29, 0.717) is 11.3 Å². The lowest BCUT2D eigenvalue weighted by Gasteiger charge is -2.13. The quantitative estimate of drug-likeness (QED) is 0.354. The number of nitrogens with one attached hydrogen (secondary N) is 2. The Hall–Kier alpha value is -2.23. The number of thioether (sulfide) groups is 1. The van der Waals surface area contributed by atoms with Gasteiger partial charge in [0.05, 0.1) is 11.8 Å². The van der Waals surface area contributed by atoms with Crippen molar-refractivity contribution >= 4 is 51.3 Å². The average molecular weight is 447 g/mol. The minimum atomic E-state index is -0.0850. The van der Waals surface area contributed by atoms with E-state index in [1.165, 1.54) is 34.9 Å². The molecule has 2 N–H and O–H groups in total. The van der Waals surface area contributed by atoms with Crippen LogP contribution in [0.15, 0.2) is 46.1 Å². The highest BCUT2D eigenvalue weighted by Gasteiger charge is 2.12. The maximum atomic E-state index is 12.4. The van der Waals surface area contributed by atoms with E-state index in [9.17, 15) is 9.59 Å². The maximum Gasteiger partial charge on any atom is 0.217 e. The monoisotopic (exact) mass is 446 g/mol. The number of hydrogen-bond donors (Lipinski definition) is 2. The van der Waals surface area contributed by atoms with Crippen LogP contribution in [0.25, 0.3) is 0 Å². The van der Waals surface area contributed by atoms with Gasteiger partial charge in [0.15, 0.2) is 10.1 Å².